The number of amides is 1. The van der Waals surface area contributed by atoms with E-state index in [1.165, 1.54) is 0 Å². The molecule has 1 heterocycles. The van der Waals surface area contributed by atoms with Gasteiger partial charge < -0.3 is 14.7 Å². The van der Waals surface area contributed by atoms with Crippen molar-refractivity contribution in [3.63, 3.8) is 0 Å². The van der Waals surface area contributed by atoms with Gasteiger partial charge in [-0.2, -0.15) is 0 Å². The fourth-order valence-electron chi connectivity index (χ4n) is 5.46. The predicted molar refractivity (Wildman–Crippen MR) is 91.9 cm³/mol. The molecule has 1 amide bonds. The van der Waals surface area contributed by atoms with Gasteiger partial charge in [0.15, 0.2) is 0 Å². The minimum absolute atomic E-state index is 0.0604. The molecule has 1 aromatic rings. The maximum Gasteiger partial charge on any atom is 0.233 e. The van der Waals surface area contributed by atoms with Crippen molar-refractivity contribution in [3.05, 3.63) is 29.8 Å². The summed E-state index contributed by atoms with van der Waals surface area (Å²) in [5.74, 6) is 1.50. The van der Waals surface area contributed by atoms with Crippen molar-refractivity contribution >= 4 is 5.91 Å². The first-order valence-electron chi connectivity index (χ1n) is 8.92. The monoisotopic (exact) mass is 329 g/mol. The van der Waals surface area contributed by atoms with Crippen molar-refractivity contribution < 1.29 is 14.6 Å². The number of hydrogen-bond donors (Lipinski definition) is 1. The molecule has 2 saturated carbocycles. The summed E-state index contributed by atoms with van der Waals surface area (Å²) >= 11 is 0. The molecule has 0 unspecified atom stereocenters. The highest BCUT2D eigenvalue weighted by Crippen LogP contribution is 2.63. The Bertz CT molecular complexity index is 662. The van der Waals surface area contributed by atoms with Crippen LogP contribution in [0.5, 0.6) is 5.75 Å². The molecule has 1 N–H and O–H groups in total. The van der Waals surface area contributed by atoms with E-state index in [0.717, 1.165) is 37.1 Å². The lowest BCUT2D eigenvalue weighted by Gasteiger charge is -2.55. The number of hydrogen-bond acceptors (Lipinski definition) is 3. The topological polar surface area (TPSA) is 49.8 Å². The number of aliphatic hydroxyl groups is 1. The van der Waals surface area contributed by atoms with Crippen LogP contribution in [0.3, 0.4) is 0 Å². The van der Waals surface area contributed by atoms with E-state index >= 15 is 0 Å². The van der Waals surface area contributed by atoms with Gasteiger partial charge in [0.1, 0.15) is 5.75 Å². The van der Waals surface area contributed by atoms with Gasteiger partial charge in [0.25, 0.3) is 0 Å². The zero-order chi connectivity index (χ0) is 17.2. The maximum absolute atomic E-state index is 13.3. The predicted octanol–water partition coefficient (Wildman–Crippen LogP) is 2.59. The highest BCUT2D eigenvalue weighted by molar-refractivity contribution is 5.91. The van der Waals surface area contributed by atoms with Crippen LogP contribution in [0.4, 0.5) is 0 Å². The zero-order valence-corrected chi connectivity index (χ0v) is 14.8. The number of carbonyl (C=O) groups excluding carboxylic acids is 1. The Hall–Kier alpha value is -1.55. The largest absolute Gasteiger partial charge is 0.497 e. The van der Waals surface area contributed by atoms with Crippen molar-refractivity contribution in [2.45, 2.75) is 38.5 Å². The third kappa shape index (κ3) is 2.05. The lowest BCUT2D eigenvalue weighted by atomic mass is 9.48. The van der Waals surface area contributed by atoms with Crippen molar-refractivity contribution in [3.8, 4) is 5.75 Å². The van der Waals surface area contributed by atoms with Gasteiger partial charge in [0.05, 0.1) is 19.1 Å². The smallest absolute Gasteiger partial charge is 0.233 e. The van der Waals surface area contributed by atoms with Crippen LogP contribution < -0.4 is 4.74 Å². The van der Waals surface area contributed by atoms with E-state index in [2.05, 4.69) is 13.8 Å². The minimum atomic E-state index is -0.336. The Morgan fingerprint density at radius 1 is 1.29 bits per heavy atom. The minimum Gasteiger partial charge on any atom is -0.497 e. The number of fused-ring (bicyclic) bond motifs is 1. The van der Waals surface area contributed by atoms with E-state index in [9.17, 15) is 9.90 Å². The Kier molecular flexibility index (Phi) is 3.31. The number of ether oxygens (including phenoxy) is 1. The van der Waals surface area contributed by atoms with Crippen LogP contribution in [0.15, 0.2) is 24.3 Å². The molecule has 130 valence electrons. The van der Waals surface area contributed by atoms with Gasteiger partial charge in [0, 0.05) is 18.5 Å². The number of aliphatic hydroxyl groups excluding tert-OH is 1. The first kappa shape index (κ1) is 15.9. The van der Waals surface area contributed by atoms with Crippen molar-refractivity contribution in [1.29, 1.82) is 0 Å². The molecule has 1 saturated heterocycles. The zero-order valence-electron chi connectivity index (χ0n) is 14.8. The lowest BCUT2D eigenvalue weighted by Crippen LogP contribution is -2.54. The molecule has 0 radical (unpaired) electrons. The van der Waals surface area contributed by atoms with Crippen LogP contribution in [0.1, 0.15) is 38.7 Å². The Balaban J connectivity index is 1.56. The molecule has 3 aliphatic rings. The van der Waals surface area contributed by atoms with Crippen molar-refractivity contribution in [2.24, 2.45) is 16.7 Å². The molecule has 4 heteroatoms. The summed E-state index contributed by atoms with van der Waals surface area (Å²) in [6.07, 6.45) is 2.87. The van der Waals surface area contributed by atoms with Gasteiger partial charge in [-0.05, 0) is 48.3 Å². The molecule has 1 aromatic carbocycles. The number of likely N-dealkylation sites (tertiary alicyclic amines) is 1. The summed E-state index contributed by atoms with van der Waals surface area (Å²) in [6.45, 7) is 6.23. The second-order valence-corrected chi connectivity index (χ2v) is 8.73. The number of methoxy groups -OCH3 is 1. The molecule has 4 nitrogen and oxygen atoms in total. The van der Waals surface area contributed by atoms with Crippen LogP contribution in [0, 0.1) is 16.7 Å². The molecule has 0 aromatic heterocycles. The van der Waals surface area contributed by atoms with E-state index in [-0.39, 0.29) is 28.8 Å². The standard InChI is InChI=1S/C20H27NO3/c1-18(2)11-19(13-22)12-21(10-16(18)19)17(23)20(8-9-20)14-4-6-15(24-3)7-5-14/h4-7,16,22H,8-13H2,1-3H3/t16-,19-/m1/s1. The van der Waals surface area contributed by atoms with E-state index in [0.29, 0.717) is 12.5 Å². The summed E-state index contributed by atoms with van der Waals surface area (Å²) in [4.78, 5) is 15.3. The first-order chi connectivity index (χ1) is 11.4. The van der Waals surface area contributed by atoms with Gasteiger partial charge in [-0.3, -0.25) is 4.79 Å². The maximum atomic E-state index is 13.3. The summed E-state index contributed by atoms with van der Waals surface area (Å²) in [5.41, 5.74) is 0.936. The average molecular weight is 329 g/mol. The Labute approximate surface area is 143 Å². The number of benzene rings is 1. The third-order valence-corrected chi connectivity index (χ3v) is 6.80. The molecule has 2 atom stereocenters. The van der Waals surface area contributed by atoms with Crippen LogP contribution >= 0.6 is 0 Å². The normalized spacial score (nSPS) is 32.0. The second kappa shape index (κ2) is 4.98. The van der Waals surface area contributed by atoms with Gasteiger partial charge in [0.2, 0.25) is 5.91 Å². The molecule has 24 heavy (non-hydrogen) atoms. The fourth-order valence-corrected chi connectivity index (χ4v) is 5.46. The summed E-state index contributed by atoms with van der Waals surface area (Å²) in [6, 6.07) is 7.93. The van der Waals surface area contributed by atoms with Gasteiger partial charge in [-0.1, -0.05) is 26.0 Å². The van der Waals surface area contributed by atoms with E-state index in [4.69, 9.17) is 4.74 Å². The van der Waals surface area contributed by atoms with E-state index in [1.54, 1.807) is 7.11 Å². The van der Waals surface area contributed by atoms with Crippen molar-refractivity contribution in [2.75, 3.05) is 26.8 Å². The molecule has 0 bridgehead atoms. The molecule has 1 aliphatic heterocycles. The molecular weight excluding hydrogens is 302 g/mol. The second-order valence-electron chi connectivity index (χ2n) is 8.73. The average Bonchev–Trinajstić information content (AvgIpc) is 3.32. The van der Waals surface area contributed by atoms with Gasteiger partial charge >= 0.3 is 0 Å². The summed E-state index contributed by atoms with van der Waals surface area (Å²) in [7, 11) is 1.66. The quantitative estimate of drug-likeness (QED) is 0.924. The van der Waals surface area contributed by atoms with Crippen LogP contribution in [0.25, 0.3) is 0 Å². The number of carbonyl (C=O) groups is 1. The highest BCUT2D eigenvalue weighted by atomic mass is 16.5. The Morgan fingerprint density at radius 3 is 2.42 bits per heavy atom. The molecule has 2 aliphatic carbocycles. The number of rotatable bonds is 4. The van der Waals surface area contributed by atoms with Crippen molar-refractivity contribution in [1.82, 2.24) is 4.90 Å². The molecule has 0 spiro atoms. The molecular formula is C20H27NO3. The van der Waals surface area contributed by atoms with E-state index < -0.39 is 0 Å². The lowest BCUT2D eigenvalue weighted by molar-refractivity contribution is -0.133. The molecule has 3 fully saturated rings. The van der Waals surface area contributed by atoms with Gasteiger partial charge in [-0.25, -0.2) is 0 Å². The summed E-state index contributed by atoms with van der Waals surface area (Å²) < 4.78 is 5.23. The van der Waals surface area contributed by atoms with E-state index in [1.807, 2.05) is 29.2 Å². The van der Waals surface area contributed by atoms with Crippen LogP contribution in [-0.2, 0) is 10.2 Å². The van der Waals surface area contributed by atoms with Crippen LogP contribution in [0.2, 0.25) is 0 Å². The molecule has 4 rings (SSSR count). The Morgan fingerprint density at radius 2 is 1.96 bits per heavy atom. The van der Waals surface area contributed by atoms with Crippen LogP contribution in [-0.4, -0.2) is 42.7 Å². The third-order valence-electron chi connectivity index (χ3n) is 6.80. The fraction of sp³-hybridized carbons (Fsp3) is 0.650. The highest BCUT2D eigenvalue weighted by Gasteiger charge is 2.65. The SMILES string of the molecule is COc1ccc(C2(C(=O)N3C[C@@H]4C(C)(C)C[C@]4(CO)C3)CC2)cc1. The first-order valence-corrected chi connectivity index (χ1v) is 8.92. The number of nitrogens with zero attached hydrogens (tertiary/aromatic N) is 1. The summed E-state index contributed by atoms with van der Waals surface area (Å²) in [5, 5.41) is 9.92. The van der Waals surface area contributed by atoms with Gasteiger partial charge in [-0.15, -0.1) is 0 Å².